The first kappa shape index (κ1) is 14.9. The molecule has 0 saturated heterocycles. The van der Waals surface area contributed by atoms with Crippen molar-refractivity contribution < 1.29 is 0 Å². The highest BCUT2D eigenvalue weighted by molar-refractivity contribution is 7.83. The first-order chi connectivity index (χ1) is 9.06. The Kier molecular flexibility index (Phi) is 5.31. The van der Waals surface area contributed by atoms with Gasteiger partial charge in [-0.1, -0.05) is 66.4 Å². The van der Waals surface area contributed by atoms with Gasteiger partial charge >= 0.3 is 5.52 Å². The quantitative estimate of drug-likeness (QED) is 0.570. The Bertz CT molecular complexity index is 506. The van der Waals surface area contributed by atoms with Crippen LogP contribution in [-0.4, -0.2) is 14.6 Å². The Hall–Kier alpha value is -0.516. The standard InChI is InChI=1S/C14H13Cl3Si2/c15-19(16,17)18-11-14(12-7-3-1-4-8-12)13-9-5-2-6-10-13/h1-11H,18H2. The van der Waals surface area contributed by atoms with Crippen molar-refractivity contribution in [1.82, 2.24) is 0 Å². The molecule has 0 aliphatic heterocycles. The average molecular weight is 344 g/mol. The fourth-order valence-corrected chi connectivity index (χ4v) is 6.15. The lowest BCUT2D eigenvalue weighted by Gasteiger charge is -2.10. The van der Waals surface area contributed by atoms with Gasteiger partial charge in [0.1, 0.15) is 0 Å². The van der Waals surface area contributed by atoms with E-state index in [1.54, 1.807) is 0 Å². The van der Waals surface area contributed by atoms with E-state index in [9.17, 15) is 0 Å². The lowest BCUT2D eigenvalue weighted by Crippen LogP contribution is -2.19. The van der Waals surface area contributed by atoms with Gasteiger partial charge in [0.2, 0.25) is 0 Å². The molecule has 5 heteroatoms. The molecule has 0 saturated carbocycles. The summed E-state index contributed by atoms with van der Waals surface area (Å²) in [7, 11) is -0.812. The van der Waals surface area contributed by atoms with Crippen molar-refractivity contribution in [2.75, 3.05) is 0 Å². The second-order valence-corrected chi connectivity index (χ2v) is 22.2. The predicted molar refractivity (Wildman–Crippen MR) is 91.8 cm³/mol. The van der Waals surface area contributed by atoms with Crippen LogP contribution in [0, 0.1) is 0 Å². The maximum atomic E-state index is 6.04. The first-order valence-corrected chi connectivity index (χ1v) is 14.1. The second-order valence-electron chi connectivity index (χ2n) is 4.17. The van der Waals surface area contributed by atoms with Crippen molar-refractivity contribution in [3.63, 3.8) is 0 Å². The Morgan fingerprint density at radius 1 is 0.789 bits per heavy atom. The number of halogens is 3. The third-order valence-corrected chi connectivity index (χ3v) is 9.95. The van der Waals surface area contributed by atoms with Gasteiger partial charge in [0.05, 0.1) is 9.04 Å². The van der Waals surface area contributed by atoms with Crippen molar-refractivity contribution in [3.8, 4) is 0 Å². The lowest BCUT2D eigenvalue weighted by molar-refractivity contribution is 1.55. The van der Waals surface area contributed by atoms with Crippen LogP contribution in [0.25, 0.3) is 5.57 Å². The van der Waals surface area contributed by atoms with E-state index in [0.717, 1.165) is 0 Å². The highest BCUT2D eigenvalue weighted by atomic mass is 35.8. The van der Waals surface area contributed by atoms with Gasteiger partial charge in [-0.05, 0) is 16.7 Å². The molecule has 2 aromatic rings. The molecular weight excluding hydrogens is 331 g/mol. The number of hydrogen-bond acceptors (Lipinski definition) is 0. The summed E-state index contributed by atoms with van der Waals surface area (Å²) in [5, 5.41) is 0. The third-order valence-electron chi connectivity index (χ3n) is 2.71. The molecule has 0 aliphatic carbocycles. The van der Waals surface area contributed by atoms with E-state index in [1.165, 1.54) is 16.7 Å². The Balaban J connectivity index is 2.40. The van der Waals surface area contributed by atoms with Gasteiger partial charge in [0.25, 0.3) is 0 Å². The summed E-state index contributed by atoms with van der Waals surface area (Å²) in [5.41, 5.74) is 3.18. The van der Waals surface area contributed by atoms with E-state index >= 15 is 0 Å². The Labute approximate surface area is 130 Å². The molecular formula is C14H13Cl3Si2. The summed E-state index contributed by atoms with van der Waals surface area (Å²) in [6.07, 6.45) is 0. The summed E-state index contributed by atoms with van der Waals surface area (Å²) in [6, 6.07) is 20.5. The van der Waals surface area contributed by atoms with Crippen LogP contribution in [0.4, 0.5) is 0 Å². The highest BCUT2D eigenvalue weighted by Gasteiger charge is 2.23. The Morgan fingerprint density at radius 2 is 1.21 bits per heavy atom. The van der Waals surface area contributed by atoms with E-state index in [2.05, 4.69) is 30.0 Å². The zero-order valence-electron chi connectivity index (χ0n) is 10.2. The molecule has 0 radical (unpaired) electrons. The molecule has 0 spiro atoms. The molecule has 0 heterocycles. The second kappa shape index (κ2) is 6.77. The van der Waals surface area contributed by atoms with Crippen molar-refractivity contribution >= 4 is 53.4 Å². The van der Waals surface area contributed by atoms with Crippen LogP contribution in [0.3, 0.4) is 0 Å². The molecule has 0 atom stereocenters. The topological polar surface area (TPSA) is 0 Å². The summed E-state index contributed by atoms with van der Waals surface area (Å²) in [6.45, 7) is 0. The minimum absolute atomic E-state index is 0.812. The minimum atomic E-state index is -2.51. The molecule has 0 unspecified atom stereocenters. The minimum Gasteiger partial charge on any atom is -0.130 e. The smallest absolute Gasteiger partial charge is 0.130 e. The number of rotatable bonds is 4. The normalized spacial score (nSPS) is 11.7. The van der Waals surface area contributed by atoms with E-state index in [-0.39, 0.29) is 0 Å². The zero-order chi connectivity index (χ0) is 13.7. The van der Waals surface area contributed by atoms with Crippen molar-refractivity contribution in [2.24, 2.45) is 0 Å². The molecule has 0 nitrogen and oxygen atoms in total. The molecule has 0 bridgehead atoms. The van der Waals surface area contributed by atoms with Crippen LogP contribution in [0.2, 0.25) is 0 Å². The lowest BCUT2D eigenvalue weighted by atomic mass is 10.00. The summed E-state index contributed by atoms with van der Waals surface area (Å²) in [4.78, 5) is 0. The fourth-order valence-electron chi connectivity index (χ4n) is 1.86. The van der Waals surface area contributed by atoms with Gasteiger partial charge in [0, 0.05) is 0 Å². The number of benzene rings is 2. The molecule has 0 N–H and O–H groups in total. The van der Waals surface area contributed by atoms with Crippen LogP contribution in [-0.2, 0) is 0 Å². The predicted octanol–water partition coefficient (Wildman–Crippen LogP) is 4.40. The highest BCUT2D eigenvalue weighted by Crippen LogP contribution is 2.25. The monoisotopic (exact) mass is 342 g/mol. The van der Waals surface area contributed by atoms with Crippen molar-refractivity contribution in [3.05, 3.63) is 77.5 Å². The summed E-state index contributed by atoms with van der Waals surface area (Å²) >= 11 is 18.1. The Morgan fingerprint density at radius 3 is 1.58 bits per heavy atom. The van der Waals surface area contributed by atoms with E-state index in [1.807, 2.05) is 36.4 Å². The largest absolute Gasteiger partial charge is 0.321 e. The van der Waals surface area contributed by atoms with Crippen molar-refractivity contribution in [1.29, 1.82) is 0 Å². The van der Waals surface area contributed by atoms with Crippen LogP contribution in [0.5, 0.6) is 0 Å². The van der Waals surface area contributed by atoms with Crippen LogP contribution < -0.4 is 0 Å². The van der Waals surface area contributed by atoms with Gasteiger partial charge in [-0.2, -0.15) is 0 Å². The van der Waals surface area contributed by atoms with Gasteiger partial charge in [0.15, 0.2) is 0 Å². The van der Waals surface area contributed by atoms with Gasteiger partial charge in [-0.25, -0.2) is 0 Å². The summed E-state index contributed by atoms with van der Waals surface area (Å²) in [5.74, 6) is 0. The van der Waals surface area contributed by atoms with Gasteiger partial charge < -0.3 is 0 Å². The molecule has 19 heavy (non-hydrogen) atoms. The van der Waals surface area contributed by atoms with Crippen LogP contribution in [0.1, 0.15) is 11.1 Å². The summed E-state index contributed by atoms with van der Waals surface area (Å²) < 4.78 is 0. The first-order valence-electron chi connectivity index (χ1n) is 5.94. The van der Waals surface area contributed by atoms with E-state index in [0.29, 0.717) is 0 Å². The maximum absolute atomic E-state index is 6.04. The van der Waals surface area contributed by atoms with Crippen molar-refractivity contribution in [2.45, 2.75) is 0 Å². The molecule has 0 aliphatic rings. The van der Waals surface area contributed by atoms with Gasteiger partial charge in [-0.3, -0.25) is 0 Å². The van der Waals surface area contributed by atoms with E-state index < -0.39 is 14.6 Å². The average Bonchev–Trinajstić information content (AvgIpc) is 2.40. The van der Waals surface area contributed by atoms with Crippen LogP contribution >= 0.6 is 33.2 Å². The molecule has 0 amide bonds. The third kappa shape index (κ3) is 4.82. The van der Waals surface area contributed by atoms with Crippen LogP contribution in [0.15, 0.2) is 66.4 Å². The molecule has 0 aromatic heterocycles. The molecule has 0 fully saturated rings. The fraction of sp³-hybridized carbons (Fsp3) is 0. The molecule has 2 rings (SSSR count). The zero-order valence-corrected chi connectivity index (χ0v) is 14.9. The maximum Gasteiger partial charge on any atom is 0.321 e. The molecule has 98 valence electrons. The van der Waals surface area contributed by atoms with Gasteiger partial charge in [-0.15, -0.1) is 33.2 Å². The molecule has 2 aromatic carbocycles. The SMILES string of the molecule is Cl[Si](Cl)(Cl)[SiH2]C=C(c1ccccc1)c1ccccc1. The van der Waals surface area contributed by atoms with E-state index in [4.69, 9.17) is 33.2 Å². The number of hydrogen-bond donors (Lipinski definition) is 0.